The van der Waals surface area contributed by atoms with Crippen LogP contribution < -0.4 is 26.4 Å². The van der Waals surface area contributed by atoms with E-state index in [1.165, 1.54) is 33.6 Å². The third-order valence-electron chi connectivity index (χ3n) is 8.37. The van der Waals surface area contributed by atoms with Gasteiger partial charge in [0.05, 0.1) is 11.3 Å². The van der Waals surface area contributed by atoms with E-state index in [0.29, 0.717) is 0 Å². The molecular weight excluding hydrogens is 487 g/mol. The predicted octanol–water partition coefficient (Wildman–Crippen LogP) is 7.81. The molecule has 0 unspecified atom stereocenters. The molecule has 5 aromatic carbocycles. The van der Waals surface area contributed by atoms with Crippen LogP contribution in [-0.4, -0.2) is 6.71 Å². The molecule has 4 heteroatoms. The first-order valence-electron chi connectivity index (χ1n) is 14.0. The SMILES string of the molecule is CC(C)(C)c1cc2c3c(c1)N(c1ccccc1)c1c(oc4ccccc14)B3c1ccccc1N2c1ccccc1. The molecule has 40 heavy (non-hydrogen) atoms. The minimum Gasteiger partial charge on any atom is -0.468 e. The molecule has 192 valence electrons. The molecule has 0 bridgehead atoms. The molecule has 0 amide bonds. The van der Waals surface area contributed by atoms with Gasteiger partial charge in [-0.25, -0.2) is 0 Å². The molecule has 8 rings (SSSR count). The third-order valence-corrected chi connectivity index (χ3v) is 8.37. The minimum atomic E-state index is -0.0402. The van der Waals surface area contributed by atoms with E-state index < -0.39 is 0 Å². The Balaban J connectivity index is 1.55. The van der Waals surface area contributed by atoms with Crippen molar-refractivity contribution in [2.24, 2.45) is 0 Å². The van der Waals surface area contributed by atoms with E-state index in [2.05, 4.69) is 152 Å². The van der Waals surface area contributed by atoms with E-state index in [1.54, 1.807) is 0 Å². The molecular formula is C36H29BN2O. The molecule has 6 aromatic rings. The Morgan fingerprint density at radius 1 is 0.600 bits per heavy atom. The second-order valence-corrected chi connectivity index (χ2v) is 11.8. The number of fused-ring (bicyclic) bond motifs is 6. The maximum absolute atomic E-state index is 6.83. The van der Waals surface area contributed by atoms with Crippen LogP contribution >= 0.6 is 0 Å². The topological polar surface area (TPSA) is 19.6 Å². The maximum Gasteiger partial charge on any atom is 0.297 e. The van der Waals surface area contributed by atoms with Crippen LogP contribution in [0.25, 0.3) is 11.0 Å². The van der Waals surface area contributed by atoms with Crippen LogP contribution in [0, 0.1) is 0 Å². The van der Waals surface area contributed by atoms with Gasteiger partial charge in [-0.15, -0.1) is 0 Å². The van der Waals surface area contributed by atoms with Gasteiger partial charge in [0.25, 0.3) is 6.71 Å². The standard InChI is InChI=1S/C36H29BN2O/c1-36(2,3)24-22-30-33-31(23-24)39(26-16-8-5-9-17-26)34-27-18-10-13-21-32(27)40-35(34)37(33)28-19-11-12-20-29(28)38(30)25-14-6-4-7-15-25/h4-23H,1-3H3. The van der Waals surface area contributed by atoms with Gasteiger partial charge in [0, 0.05) is 33.8 Å². The fourth-order valence-electron chi connectivity index (χ4n) is 6.51. The number of hydrogen-bond donors (Lipinski definition) is 0. The van der Waals surface area contributed by atoms with E-state index in [9.17, 15) is 0 Å². The fraction of sp³-hybridized carbons (Fsp3) is 0.111. The van der Waals surface area contributed by atoms with Crippen molar-refractivity contribution in [1.29, 1.82) is 0 Å². The number of hydrogen-bond acceptors (Lipinski definition) is 3. The zero-order valence-corrected chi connectivity index (χ0v) is 22.9. The van der Waals surface area contributed by atoms with Gasteiger partial charge in [0.15, 0.2) is 0 Å². The summed E-state index contributed by atoms with van der Waals surface area (Å²) in [5, 5.41) is 1.14. The first kappa shape index (κ1) is 23.2. The van der Waals surface area contributed by atoms with E-state index in [-0.39, 0.29) is 12.1 Å². The lowest BCUT2D eigenvalue weighted by Gasteiger charge is -2.43. The molecule has 2 aliphatic heterocycles. The van der Waals surface area contributed by atoms with Crippen molar-refractivity contribution in [3.05, 3.63) is 127 Å². The van der Waals surface area contributed by atoms with Crippen LogP contribution in [0.1, 0.15) is 26.3 Å². The number of rotatable bonds is 2. The molecule has 0 saturated carbocycles. The lowest BCUT2D eigenvalue weighted by atomic mass is 9.35. The van der Waals surface area contributed by atoms with Crippen LogP contribution in [0.5, 0.6) is 0 Å². The summed E-state index contributed by atoms with van der Waals surface area (Å²) in [5.41, 5.74) is 12.8. The summed E-state index contributed by atoms with van der Waals surface area (Å²) in [6, 6.07) is 43.6. The summed E-state index contributed by atoms with van der Waals surface area (Å²) < 4.78 is 6.83. The van der Waals surface area contributed by atoms with Crippen LogP contribution in [0.4, 0.5) is 34.1 Å². The minimum absolute atomic E-state index is 0.0162. The lowest BCUT2D eigenvalue weighted by Crippen LogP contribution is -2.61. The third kappa shape index (κ3) is 3.26. The lowest BCUT2D eigenvalue weighted by molar-refractivity contribution is 0.590. The van der Waals surface area contributed by atoms with Gasteiger partial charge in [-0.05, 0) is 76.5 Å². The Kier molecular flexibility index (Phi) is 4.88. The summed E-state index contributed by atoms with van der Waals surface area (Å²) >= 11 is 0. The van der Waals surface area contributed by atoms with Gasteiger partial charge in [-0.2, -0.15) is 0 Å². The average Bonchev–Trinajstić information content (AvgIpc) is 3.36. The van der Waals surface area contributed by atoms with Crippen LogP contribution in [-0.2, 0) is 5.41 Å². The molecule has 0 fully saturated rings. The summed E-state index contributed by atoms with van der Waals surface area (Å²) in [6.07, 6.45) is 0. The number of nitrogens with zero attached hydrogens (tertiary/aromatic N) is 2. The highest BCUT2D eigenvalue weighted by Gasteiger charge is 2.47. The fourth-order valence-corrected chi connectivity index (χ4v) is 6.51. The van der Waals surface area contributed by atoms with Crippen molar-refractivity contribution in [3.63, 3.8) is 0 Å². The summed E-state index contributed by atoms with van der Waals surface area (Å²) in [6.45, 7) is 6.89. The molecule has 3 heterocycles. The molecule has 1 aromatic heterocycles. The number of benzene rings is 5. The molecule has 0 aliphatic carbocycles. The normalized spacial score (nSPS) is 13.7. The summed E-state index contributed by atoms with van der Waals surface area (Å²) in [5.74, 6) is 0. The monoisotopic (exact) mass is 516 g/mol. The molecule has 0 radical (unpaired) electrons. The van der Waals surface area contributed by atoms with Crippen LogP contribution in [0.2, 0.25) is 0 Å². The Hall–Kier alpha value is -4.70. The highest BCUT2D eigenvalue weighted by atomic mass is 16.3. The second kappa shape index (κ2) is 8.40. The highest BCUT2D eigenvalue weighted by molar-refractivity contribution is 6.99. The Morgan fingerprint density at radius 3 is 1.88 bits per heavy atom. The largest absolute Gasteiger partial charge is 0.468 e. The number of furan rings is 1. The number of anilines is 6. The first-order chi connectivity index (χ1) is 19.5. The van der Waals surface area contributed by atoms with E-state index >= 15 is 0 Å². The molecule has 0 saturated heterocycles. The van der Waals surface area contributed by atoms with Crippen molar-refractivity contribution in [1.82, 2.24) is 0 Å². The molecule has 0 N–H and O–H groups in total. The molecule has 2 aliphatic rings. The second-order valence-electron chi connectivity index (χ2n) is 11.8. The van der Waals surface area contributed by atoms with Gasteiger partial charge in [0.1, 0.15) is 5.58 Å². The zero-order valence-electron chi connectivity index (χ0n) is 22.9. The zero-order chi connectivity index (χ0) is 27.0. The van der Waals surface area contributed by atoms with Crippen LogP contribution in [0.15, 0.2) is 126 Å². The van der Waals surface area contributed by atoms with Crippen molar-refractivity contribution in [3.8, 4) is 0 Å². The molecule has 0 spiro atoms. The molecule has 3 nitrogen and oxygen atoms in total. The summed E-state index contributed by atoms with van der Waals surface area (Å²) in [7, 11) is 0. The Bertz CT molecular complexity index is 1900. The van der Waals surface area contributed by atoms with E-state index in [1.807, 2.05) is 0 Å². The summed E-state index contributed by atoms with van der Waals surface area (Å²) in [4.78, 5) is 4.87. The number of para-hydroxylation sites is 4. The van der Waals surface area contributed by atoms with Crippen molar-refractivity contribution in [2.75, 3.05) is 9.80 Å². The van der Waals surface area contributed by atoms with Gasteiger partial charge in [-0.3, -0.25) is 0 Å². The van der Waals surface area contributed by atoms with Gasteiger partial charge in [-0.1, -0.05) is 87.5 Å². The van der Waals surface area contributed by atoms with E-state index in [0.717, 1.165) is 33.7 Å². The van der Waals surface area contributed by atoms with Crippen molar-refractivity contribution < 1.29 is 4.42 Å². The highest BCUT2D eigenvalue weighted by Crippen LogP contribution is 2.47. The van der Waals surface area contributed by atoms with Gasteiger partial charge >= 0.3 is 0 Å². The average molecular weight is 516 g/mol. The Labute approximate surface area is 235 Å². The predicted molar refractivity (Wildman–Crippen MR) is 169 cm³/mol. The quantitative estimate of drug-likeness (QED) is 0.219. The van der Waals surface area contributed by atoms with E-state index in [4.69, 9.17) is 4.42 Å². The van der Waals surface area contributed by atoms with Gasteiger partial charge < -0.3 is 14.2 Å². The Morgan fingerprint density at radius 2 is 1.18 bits per heavy atom. The van der Waals surface area contributed by atoms with Crippen molar-refractivity contribution in [2.45, 2.75) is 26.2 Å². The van der Waals surface area contributed by atoms with Crippen LogP contribution in [0.3, 0.4) is 0 Å². The smallest absolute Gasteiger partial charge is 0.297 e. The first-order valence-corrected chi connectivity index (χ1v) is 14.0. The maximum atomic E-state index is 6.83. The van der Waals surface area contributed by atoms with Crippen molar-refractivity contribution >= 4 is 68.4 Å². The van der Waals surface area contributed by atoms with Gasteiger partial charge in [0.2, 0.25) is 0 Å². The molecule has 0 atom stereocenters.